The summed E-state index contributed by atoms with van der Waals surface area (Å²) >= 11 is 11.9. The van der Waals surface area contributed by atoms with E-state index in [1.165, 1.54) is 12.1 Å². The predicted molar refractivity (Wildman–Crippen MR) is 80.0 cm³/mol. The van der Waals surface area contributed by atoms with Crippen molar-refractivity contribution in [1.82, 2.24) is 0 Å². The lowest BCUT2D eigenvalue weighted by atomic mass is 10.1. The number of amides is 1. The molecule has 1 fully saturated rings. The lowest BCUT2D eigenvalue weighted by molar-refractivity contribution is -0.120. The molecule has 0 bridgehead atoms. The third-order valence-electron chi connectivity index (χ3n) is 3.59. The summed E-state index contributed by atoms with van der Waals surface area (Å²) < 4.78 is 22.5. The number of carbonyl (C=O) groups is 1. The van der Waals surface area contributed by atoms with Crippen LogP contribution in [-0.4, -0.2) is 24.4 Å². The highest BCUT2D eigenvalue weighted by molar-refractivity contribution is 7.91. The van der Waals surface area contributed by atoms with E-state index in [0.717, 1.165) is 0 Å². The van der Waals surface area contributed by atoms with Crippen molar-refractivity contribution in [2.75, 3.05) is 11.1 Å². The summed E-state index contributed by atoms with van der Waals surface area (Å²) in [7, 11) is -3.30. The first kappa shape index (κ1) is 15.6. The predicted octanol–water partition coefficient (Wildman–Crippen LogP) is 3.00. The van der Waals surface area contributed by atoms with Crippen LogP contribution in [0.2, 0.25) is 0 Å². The average Bonchev–Trinajstić information content (AvgIpc) is 2.90. The Hall–Kier alpha value is -0.780. The van der Waals surface area contributed by atoms with Gasteiger partial charge in [0.05, 0.1) is 16.1 Å². The first-order valence-electron chi connectivity index (χ1n) is 6.14. The minimum Gasteiger partial charge on any atom is -0.325 e. The molecule has 1 aliphatic rings. The molecule has 0 radical (unpaired) electrons. The fourth-order valence-electron chi connectivity index (χ4n) is 1.85. The van der Waals surface area contributed by atoms with E-state index < -0.39 is 19.6 Å². The summed E-state index contributed by atoms with van der Waals surface area (Å²) in [4.78, 5) is 12.3. The SMILES string of the molecule is CCS(=O)(=O)c1cccc(NC(=O)C2(C)CC2(Cl)Cl)c1. The van der Waals surface area contributed by atoms with Crippen LogP contribution in [0, 0.1) is 5.41 Å². The second-order valence-electron chi connectivity index (χ2n) is 5.10. The molecule has 1 aromatic carbocycles. The molecule has 1 atom stereocenters. The molecule has 4 nitrogen and oxygen atoms in total. The Bertz CT molecular complexity index is 657. The molecule has 1 N–H and O–H groups in total. The second-order valence-corrected chi connectivity index (χ2v) is 8.86. The number of hydrogen-bond acceptors (Lipinski definition) is 3. The van der Waals surface area contributed by atoms with Gasteiger partial charge in [0.2, 0.25) is 5.91 Å². The number of anilines is 1. The van der Waals surface area contributed by atoms with Gasteiger partial charge in [0.25, 0.3) is 0 Å². The van der Waals surface area contributed by atoms with Gasteiger partial charge in [-0.15, -0.1) is 23.2 Å². The van der Waals surface area contributed by atoms with Crippen molar-refractivity contribution in [3.63, 3.8) is 0 Å². The summed E-state index contributed by atoms with van der Waals surface area (Å²) in [6.45, 7) is 3.25. The van der Waals surface area contributed by atoms with Crippen LogP contribution in [0.4, 0.5) is 5.69 Å². The number of nitrogens with one attached hydrogen (secondary N) is 1. The van der Waals surface area contributed by atoms with Crippen LogP contribution in [0.15, 0.2) is 29.2 Å². The Kier molecular flexibility index (Phi) is 3.82. The molecule has 1 aromatic rings. The van der Waals surface area contributed by atoms with Gasteiger partial charge in [0, 0.05) is 5.69 Å². The zero-order chi connectivity index (χ0) is 15.2. The van der Waals surface area contributed by atoms with Crippen LogP contribution in [-0.2, 0) is 14.6 Å². The smallest absolute Gasteiger partial charge is 0.233 e. The third-order valence-corrected chi connectivity index (χ3v) is 6.42. The highest BCUT2D eigenvalue weighted by atomic mass is 35.5. The molecule has 20 heavy (non-hydrogen) atoms. The Morgan fingerprint density at radius 1 is 1.40 bits per heavy atom. The van der Waals surface area contributed by atoms with E-state index >= 15 is 0 Å². The highest BCUT2D eigenvalue weighted by Gasteiger charge is 2.67. The minimum absolute atomic E-state index is 0.00852. The number of carbonyl (C=O) groups excluding carboxylic acids is 1. The monoisotopic (exact) mass is 335 g/mol. The molecule has 110 valence electrons. The summed E-state index contributed by atoms with van der Waals surface area (Å²) in [5.74, 6) is -0.303. The van der Waals surface area contributed by atoms with E-state index in [1.807, 2.05) is 0 Å². The molecular formula is C13H15Cl2NO3S. The van der Waals surface area contributed by atoms with Crippen molar-refractivity contribution in [3.05, 3.63) is 24.3 Å². The quantitative estimate of drug-likeness (QED) is 0.860. The van der Waals surface area contributed by atoms with Crippen LogP contribution in [0.3, 0.4) is 0 Å². The van der Waals surface area contributed by atoms with E-state index in [0.29, 0.717) is 12.1 Å². The number of sulfone groups is 1. The first-order chi connectivity index (χ1) is 9.12. The van der Waals surface area contributed by atoms with Gasteiger partial charge in [-0.25, -0.2) is 8.42 Å². The minimum atomic E-state index is -3.30. The van der Waals surface area contributed by atoms with Crippen molar-refractivity contribution in [2.45, 2.75) is 29.5 Å². The van der Waals surface area contributed by atoms with Gasteiger partial charge in [-0.3, -0.25) is 4.79 Å². The molecule has 0 heterocycles. The molecule has 1 aliphatic carbocycles. The lowest BCUT2D eigenvalue weighted by Gasteiger charge is -2.13. The van der Waals surface area contributed by atoms with Crippen LogP contribution < -0.4 is 5.32 Å². The van der Waals surface area contributed by atoms with Gasteiger partial charge >= 0.3 is 0 Å². The van der Waals surface area contributed by atoms with Crippen LogP contribution in [0.1, 0.15) is 20.3 Å². The maximum absolute atomic E-state index is 12.1. The van der Waals surface area contributed by atoms with Crippen molar-refractivity contribution in [3.8, 4) is 0 Å². The fraction of sp³-hybridized carbons (Fsp3) is 0.462. The normalized spacial score (nSPS) is 24.2. The molecule has 7 heteroatoms. The number of benzene rings is 1. The topological polar surface area (TPSA) is 63.2 Å². The maximum atomic E-state index is 12.1. The number of hydrogen-bond donors (Lipinski definition) is 1. The van der Waals surface area contributed by atoms with Gasteiger partial charge in [-0.05, 0) is 31.5 Å². The molecule has 1 unspecified atom stereocenters. The van der Waals surface area contributed by atoms with E-state index in [1.54, 1.807) is 26.0 Å². The van der Waals surface area contributed by atoms with E-state index in [-0.39, 0.29) is 16.6 Å². The standard InChI is InChI=1S/C13H15Cl2NO3S/c1-3-20(18,19)10-6-4-5-9(7-10)16-11(17)12(2)8-13(12,14)15/h4-7H,3,8H2,1-2H3,(H,16,17). The van der Waals surface area contributed by atoms with Crippen molar-refractivity contribution in [2.24, 2.45) is 5.41 Å². The molecule has 0 saturated heterocycles. The zero-order valence-corrected chi connectivity index (χ0v) is 13.4. The Morgan fingerprint density at radius 2 is 2.00 bits per heavy atom. The molecular weight excluding hydrogens is 321 g/mol. The van der Waals surface area contributed by atoms with Gasteiger partial charge in [-0.2, -0.15) is 0 Å². The number of alkyl halides is 2. The average molecular weight is 336 g/mol. The van der Waals surface area contributed by atoms with Gasteiger partial charge in [0.1, 0.15) is 4.33 Å². The second kappa shape index (κ2) is 4.90. The first-order valence-corrected chi connectivity index (χ1v) is 8.55. The summed E-state index contributed by atoms with van der Waals surface area (Å²) in [5, 5.41) is 2.66. The number of rotatable bonds is 4. The Morgan fingerprint density at radius 3 is 2.50 bits per heavy atom. The molecule has 0 aliphatic heterocycles. The summed E-state index contributed by atoms with van der Waals surface area (Å²) in [6.07, 6.45) is 0.377. The van der Waals surface area contributed by atoms with E-state index in [2.05, 4.69) is 5.32 Å². The molecule has 0 aromatic heterocycles. The largest absolute Gasteiger partial charge is 0.325 e. The summed E-state index contributed by atoms with van der Waals surface area (Å²) in [6, 6.07) is 6.15. The van der Waals surface area contributed by atoms with E-state index in [9.17, 15) is 13.2 Å². The van der Waals surface area contributed by atoms with Crippen molar-refractivity contribution in [1.29, 1.82) is 0 Å². The fourth-order valence-corrected chi connectivity index (χ4v) is 3.48. The number of halogens is 2. The van der Waals surface area contributed by atoms with Gasteiger partial charge in [-0.1, -0.05) is 13.0 Å². The van der Waals surface area contributed by atoms with Gasteiger partial charge < -0.3 is 5.32 Å². The van der Waals surface area contributed by atoms with E-state index in [4.69, 9.17) is 23.2 Å². The Balaban J connectivity index is 2.20. The zero-order valence-electron chi connectivity index (χ0n) is 11.1. The van der Waals surface area contributed by atoms with Crippen LogP contribution >= 0.6 is 23.2 Å². The Labute approximate surface area is 128 Å². The molecule has 2 rings (SSSR count). The van der Waals surface area contributed by atoms with Crippen LogP contribution in [0.5, 0.6) is 0 Å². The third kappa shape index (κ3) is 2.67. The van der Waals surface area contributed by atoms with Crippen LogP contribution in [0.25, 0.3) is 0 Å². The summed E-state index contributed by atoms with van der Waals surface area (Å²) in [5.41, 5.74) is -0.419. The molecule has 1 amide bonds. The molecule has 1 saturated carbocycles. The molecule has 0 spiro atoms. The highest BCUT2D eigenvalue weighted by Crippen LogP contribution is 2.64. The lowest BCUT2D eigenvalue weighted by Crippen LogP contribution is -2.26. The maximum Gasteiger partial charge on any atom is 0.233 e. The van der Waals surface area contributed by atoms with Crippen molar-refractivity contribution < 1.29 is 13.2 Å². The van der Waals surface area contributed by atoms with Crippen molar-refractivity contribution >= 4 is 44.6 Å². The van der Waals surface area contributed by atoms with Gasteiger partial charge in [0.15, 0.2) is 9.84 Å².